The summed E-state index contributed by atoms with van der Waals surface area (Å²) in [5, 5.41) is 24.0. The summed E-state index contributed by atoms with van der Waals surface area (Å²) >= 11 is 0. The number of H-pyrrole nitrogens is 2. The van der Waals surface area contributed by atoms with Crippen LogP contribution in [0.4, 0.5) is 11.4 Å². The molecule has 0 amide bonds. The molecule has 10 heteroatoms. The van der Waals surface area contributed by atoms with Crippen LogP contribution in [-0.4, -0.2) is 25.7 Å². The van der Waals surface area contributed by atoms with Gasteiger partial charge in [-0.15, -0.1) is 0 Å². The number of nitrogens with zero attached hydrogens (tertiary/aromatic N) is 2. The van der Waals surface area contributed by atoms with Gasteiger partial charge < -0.3 is 5.11 Å². The number of nitro benzene ring substituents is 1. The van der Waals surface area contributed by atoms with E-state index in [4.69, 9.17) is 0 Å². The maximum atomic E-state index is 11.6. The lowest BCUT2D eigenvalue weighted by atomic mass is 10.2. The van der Waals surface area contributed by atoms with Crippen molar-refractivity contribution in [3.8, 4) is 5.88 Å². The van der Waals surface area contributed by atoms with E-state index in [-0.39, 0.29) is 17.0 Å². The number of hydrogen-bond donors (Lipinski definition) is 4. The van der Waals surface area contributed by atoms with Crippen LogP contribution in [0, 0.1) is 10.1 Å². The van der Waals surface area contributed by atoms with Gasteiger partial charge in [0.1, 0.15) is 5.56 Å². The zero-order valence-electron chi connectivity index (χ0n) is 11.3. The van der Waals surface area contributed by atoms with Crippen LogP contribution in [0.5, 0.6) is 5.88 Å². The number of nitro groups is 1. The van der Waals surface area contributed by atoms with E-state index < -0.39 is 22.1 Å². The Hall–Kier alpha value is -3.43. The molecule has 0 fully saturated rings. The van der Waals surface area contributed by atoms with Crippen molar-refractivity contribution in [1.29, 1.82) is 0 Å². The summed E-state index contributed by atoms with van der Waals surface area (Å²) in [6.45, 7) is 1.45. The predicted octanol–water partition coefficient (Wildman–Crippen LogP) is 0.513. The number of non-ortho nitro benzene ring substituents is 1. The summed E-state index contributed by atoms with van der Waals surface area (Å²) in [5.74, 6) is -0.597. The summed E-state index contributed by atoms with van der Waals surface area (Å²) in [6.07, 6.45) is 0. The standard InChI is InChI=1S/C12H11N5O5/c1-6(9-10(18)13-12(20)14-11(9)19)15-16-7-2-4-8(5-3-7)17(21)22/h2-5,16H,1H3,(H3,13,14,18,19,20)/b15-6+. The largest absolute Gasteiger partial charge is 0.494 e. The highest BCUT2D eigenvalue weighted by Crippen LogP contribution is 2.15. The van der Waals surface area contributed by atoms with E-state index in [1.807, 2.05) is 9.97 Å². The first kappa shape index (κ1) is 15.0. The third-order valence-corrected chi connectivity index (χ3v) is 2.72. The quantitative estimate of drug-likeness (QED) is 0.366. The number of benzene rings is 1. The zero-order chi connectivity index (χ0) is 16.3. The molecule has 0 unspecified atom stereocenters. The lowest BCUT2D eigenvalue weighted by Gasteiger charge is -2.04. The van der Waals surface area contributed by atoms with Gasteiger partial charge in [0.05, 0.1) is 16.3 Å². The molecule has 10 nitrogen and oxygen atoms in total. The average molecular weight is 305 g/mol. The topological polar surface area (TPSA) is 153 Å². The van der Waals surface area contributed by atoms with Crippen LogP contribution in [0.2, 0.25) is 0 Å². The van der Waals surface area contributed by atoms with Crippen molar-refractivity contribution in [2.24, 2.45) is 5.10 Å². The highest BCUT2D eigenvalue weighted by Gasteiger charge is 2.12. The van der Waals surface area contributed by atoms with E-state index in [1.54, 1.807) is 0 Å². The Morgan fingerprint density at radius 2 is 1.91 bits per heavy atom. The number of aromatic nitrogens is 2. The Morgan fingerprint density at radius 3 is 2.45 bits per heavy atom. The van der Waals surface area contributed by atoms with Crippen molar-refractivity contribution < 1.29 is 10.0 Å². The Kier molecular flexibility index (Phi) is 4.02. The first-order valence-corrected chi connectivity index (χ1v) is 5.99. The van der Waals surface area contributed by atoms with Gasteiger partial charge in [0.25, 0.3) is 11.2 Å². The van der Waals surface area contributed by atoms with Crippen LogP contribution in [-0.2, 0) is 0 Å². The second kappa shape index (κ2) is 5.91. The monoisotopic (exact) mass is 305 g/mol. The number of aromatic hydroxyl groups is 1. The van der Waals surface area contributed by atoms with E-state index >= 15 is 0 Å². The molecule has 0 bridgehead atoms. The molecule has 1 aromatic heterocycles. The third kappa shape index (κ3) is 3.17. The summed E-state index contributed by atoms with van der Waals surface area (Å²) < 4.78 is 0. The van der Waals surface area contributed by atoms with Crippen molar-refractivity contribution in [1.82, 2.24) is 9.97 Å². The summed E-state index contributed by atoms with van der Waals surface area (Å²) in [6, 6.07) is 5.45. The molecule has 0 atom stereocenters. The Bertz CT molecular complexity index is 849. The van der Waals surface area contributed by atoms with Crippen LogP contribution >= 0.6 is 0 Å². The molecule has 0 spiro atoms. The van der Waals surface area contributed by atoms with Gasteiger partial charge in [-0.2, -0.15) is 5.10 Å². The van der Waals surface area contributed by atoms with Crippen LogP contribution in [0.15, 0.2) is 39.0 Å². The molecule has 0 saturated carbocycles. The molecule has 22 heavy (non-hydrogen) atoms. The number of rotatable bonds is 4. The van der Waals surface area contributed by atoms with Crippen molar-refractivity contribution in [3.63, 3.8) is 0 Å². The molecule has 0 saturated heterocycles. The summed E-state index contributed by atoms with van der Waals surface area (Å²) in [5.41, 5.74) is 1.29. The maximum absolute atomic E-state index is 11.6. The van der Waals surface area contributed by atoms with Gasteiger partial charge in [-0.3, -0.25) is 30.3 Å². The van der Waals surface area contributed by atoms with E-state index in [1.165, 1.54) is 31.2 Å². The first-order valence-electron chi connectivity index (χ1n) is 5.99. The van der Waals surface area contributed by atoms with Gasteiger partial charge in [0.15, 0.2) is 0 Å². The van der Waals surface area contributed by atoms with Gasteiger partial charge >= 0.3 is 5.69 Å². The molecule has 1 aromatic carbocycles. The Morgan fingerprint density at radius 1 is 1.27 bits per heavy atom. The first-order chi connectivity index (χ1) is 10.4. The molecule has 1 heterocycles. The maximum Gasteiger partial charge on any atom is 0.328 e. The number of hydrazone groups is 1. The van der Waals surface area contributed by atoms with E-state index in [0.717, 1.165) is 0 Å². The number of hydrogen-bond acceptors (Lipinski definition) is 7. The van der Waals surface area contributed by atoms with Crippen molar-refractivity contribution in [2.45, 2.75) is 6.92 Å². The van der Waals surface area contributed by atoms with Crippen LogP contribution < -0.4 is 16.7 Å². The second-order valence-corrected chi connectivity index (χ2v) is 4.24. The van der Waals surface area contributed by atoms with Crippen LogP contribution in [0.25, 0.3) is 0 Å². The fourth-order valence-corrected chi connectivity index (χ4v) is 1.67. The fraction of sp³-hybridized carbons (Fsp3) is 0.0833. The Balaban J connectivity index is 2.25. The van der Waals surface area contributed by atoms with Crippen molar-refractivity contribution >= 4 is 17.1 Å². The minimum Gasteiger partial charge on any atom is -0.494 e. The molecule has 4 N–H and O–H groups in total. The molecule has 2 rings (SSSR count). The fourth-order valence-electron chi connectivity index (χ4n) is 1.67. The van der Waals surface area contributed by atoms with Gasteiger partial charge in [-0.25, -0.2) is 4.79 Å². The third-order valence-electron chi connectivity index (χ3n) is 2.72. The second-order valence-electron chi connectivity index (χ2n) is 4.24. The van der Waals surface area contributed by atoms with Crippen molar-refractivity contribution in [2.75, 3.05) is 5.43 Å². The average Bonchev–Trinajstić information content (AvgIpc) is 2.44. The van der Waals surface area contributed by atoms with Gasteiger partial charge in [-0.1, -0.05) is 0 Å². The minimum absolute atomic E-state index is 0.0685. The van der Waals surface area contributed by atoms with Gasteiger partial charge in [-0.05, 0) is 19.1 Å². The van der Waals surface area contributed by atoms with E-state index in [0.29, 0.717) is 5.69 Å². The van der Waals surface area contributed by atoms with Gasteiger partial charge in [0, 0.05) is 12.1 Å². The highest BCUT2D eigenvalue weighted by atomic mass is 16.6. The zero-order valence-corrected chi connectivity index (χ0v) is 11.3. The SMILES string of the molecule is C/C(=N\Nc1ccc([N+](=O)[O-])cc1)c1c(O)[nH]c(=O)[nH]c1=O. The number of anilines is 1. The van der Waals surface area contributed by atoms with E-state index in [9.17, 15) is 24.8 Å². The Labute approximate surface area is 122 Å². The van der Waals surface area contributed by atoms with Gasteiger partial charge in [0.2, 0.25) is 5.88 Å². The number of aromatic amines is 2. The predicted molar refractivity (Wildman–Crippen MR) is 78.3 cm³/mol. The van der Waals surface area contributed by atoms with E-state index in [2.05, 4.69) is 10.5 Å². The van der Waals surface area contributed by atoms with Crippen LogP contribution in [0.3, 0.4) is 0 Å². The smallest absolute Gasteiger partial charge is 0.328 e. The van der Waals surface area contributed by atoms with Crippen LogP contribution in [0.1, 0.15) is 12.5 Å². The molecular formula is C12H11N5O5. The highest BCUT2D eigenvalue weighted by molar-refractivity contribution is 6.00. The molecule has 114 valence electrons. The molecule has 0 radical (unpaired) electrons. The lowest BCUT2D eigenvalue weighted by molar-refractivity contribution is -0.384. The lowest BCUT2D eigenvalue weighted by Crippen LogP contribution is -2.27. The molecular weight excluding hydrogens is 294 g/mol. The molecule has 0 aliphatic carbocycles. The minimum atomic E-state index is -0.831. The summed E-state index contributed by atoms with van der Waals surface area (Å²) in [4.78, 5) is 36.6. The molecule has 2 aromatic rings. The number of nitrogens with one attached hydrogen (secondary N) is 3. The molecule has 0 aliphatic heterocycles. The normalized spacial score (nSPS) is 11.2. The van der Waals surface area contributed by atoms with Crippen molar-refractivity contribution in [3.05, 3.63) is 60.8 Å². The molecule has 0 aliphatic rings. The summed E-state index contributed by atoms with van der Waals surface area (Å²) in [7, 11) is 0.